The van der Waals surface area contributed by atoms with Crippen LogP contribution in [0.15, 0.2) is 78.2 Å². The number of amides is 1. The third-order valence-corrected chi connectivity index (χ3v) is 5.28. The van der Waals surface area contributed by atoms with E-state index in [2.05, 4.69) is 27.0 Å². The molecule has 2 aromatic carbocycles. The van der Waals surface area contributed by atoms with Gasteiger partial charge in [0.15, 0.2) is 0 Å². The Hall–Kier alpha value is -3.18. The minimum Gasteiger partial charge on any atom is -0.352 e. The molecule has 0 fully saturated rings. The lowest BCUT2D eigenvalue weighted by Crippen LogP contribution is -2.25. The molecule has 4 nitrogen and oxygen atoms in total. The summed E-state index contributed by atoms with van der Waals surface area (Å²) in [5, 5.41) is 12.5. The molecule has 27 heavy (non-hydrogen) atoms. The fourth-order valence-corrected chi connectivity index (χ4v) is 3.59. The van der Waals surface area contributed by atoms with Crippen molar-refractivity contribution in [3.8, 4) is 22.5 Å². The highest BCUT2D eigenvalue weighted by Crippen LogP contribution is 2.23. The van der Waals surface area contributed by atoms with Crippen LogP contribution in [0.1, 0.15) is 15.2 Å². The van der Waals surface area contributed by atoms with Crippen LogP contribution >= 0.6 is 11.3 Å². The molecule has 0 spiro atoms. The molecule has 4 rings (SSSR count). The Labute approximate surface area is 161 Å². The van der Waals surface area contributed by atoms with Crippen molar-refractivity contribution in [1.82, 2.24) is 15.5 Å². The number of hydrogen-bond donors (Lipinski definition) is 2. The number of rotatable bonds is 6. The third-order valence-electron chi connectivity index (χ3n) is 4.34. The summed E-state index contributed by atoms with van der Waals surface area (Å²) in [6.07, 6.45) is 0.859. The molecule has 1 amide bonds. The number of carbonyl (C=O) groups is 1. The van der Waals surface area contributed by atoms with Gasteiger partial charge in [0.2, 0.25) is 0 Å². The van der Waals surface area contributed by atoms with E-state index in [-0.39, 0.29) is 5.91 Å². The number of benzene rings is 2. The summed E-state index contributed by atoms with van der Waals surface area (Å²) in [6, 6.07) is 23.7. The van der Waals surface area contributed by atoms with Crippen LogP contribution in [0, 0.1) is 0 Å². The van der Waals surface area contributed by atoms with Crippen molar-refractivity contribution in [2.75, 3.05) is 6.54 Å². The Morgan fingerprint density at radius 2 is 1.78 bits per heavy atom. The summed E-state index contributed by atoms with van der Waals surface area (Å²) in [7, 11) is 0. The van der Waals surface area contributed by atoms with Crippen LogP contribution in [0.25, 0.3) is 22.5 Å². The van der Waals surface area contributed by atoms with Gasteiger partial charge in [-0.1, -0.05) is 48.5 Å². The van der Waals surface area contributed by atoms with E-state index in [1.54, 1.807) is 11.3 Å². The number of thiophene rings is 1. The van der Waals surface area contributed by atoms with Crippen molar-refractivity contribution < 1.29 is 4.79 Å². The quantitative estimate of drug-likeness (QED) is 0.511. The van der Waals surface area contributed by atoms with Crippen LogP contribution in [0.2, 0.25) is 0 Å². The van der Waals surface area contributed by atoms with Gasteiger partial charge in [-0.2, -0.15) is 5.10 Å². The van der Waals surface area contributed by atoms with Crippen molar-refractivity contribution in [3.05, 3.63) is 88.6 Å². The Bertz CT molecular complexity index is 1010. The first-order valence-electron chi connectivity index (χ1n) is 8.81. The highest BCUT2D eigenvalue weighted by atomic mass is 32.1. The van der Waals surface area contributed by atoms with Crippen molar-refractivity contribution in [2.45, 2.75) is 6.42 Å². The van der Waals surface area contributed by atoms with Crippen LogP contribution in [0.3, 0.4) is 0 Å². The minimum absolute atomic E-state index is 0.0484. The first-order chi connectivity index (χ1) is 13.3. The van der Waals surface area contributed by atoms with Gasteiger partial charge in [0.25, 0.3) is 5.91 Å². The van der Waals surface area contributed by atoms with Crippen LogP contribution in [-0.2, 0) is 6.42 Å². The van der Waals surface area contributed by atoms with Crippen molar-refractivity contribution in [1.29, 1.82) is 0 Å². The zero-order valence-corrected chi connectivity index (χ0v) is 15.5. The maximum Gasteiger partial charge on any atom is 0.251 e. The average Bonchev–Trinajstić information content (AvgIpc) is 3.41. The van der Waals surface area contributed by atoms with Gasteiger partial charge >= 0.3 is 0 Å². The second kappa shape index (κ2) is 8.01. The predicted octanol–water partition coefficient (Wildman–Crippen LogP) is 4.78. The normalized spacial score (nSPS) is 10.7. The molecule has 0 unspecified atom stereocenters. The predicted molar refractivity (Wildman–Crippen MR) is 110 cm³/mol. The molecule has 2 heterocycles. The number of hydrogen-bond acceptors (Lipinski definition) is 3. The average molecular weight is 373 g/mol. The van der Waals surface area contributed by atoms with E-state index >= 15 is 0 Å². The molecule has 2 aromatic heterocycles. The number of aromatic amines is 1. The van der Waals surface area contributed by atoms with Crippen LogP contribution in [0.4, 0.5) is 0 Å². The number of H-pyrrole nitrogens is 1. The van der Waals surface area contributed by atoms with Gasteiger partial charge in [-0.25, -0.2) is 0 Å². The molecule has 2 N–H and O–H groups in total. The second-order valence-electron chi connectivity index (χ2n) is 6.20. The molecular formula is C22H19N3OS. The van der Waals surface area contributed by atoms with Crippen molar-refractivity contribution in [3.63, 3.8) is 0 Å². The van der Waals surface area contributed by atoms with E-state index in [9.17, 15) is 4.79 Å². The number of carbonyl (C=O) groups excluding carboxylic acids is 1. The maximum absolute atomic E-state index is 12.3. The first kappa shape index (κ1) is 17.2. The first-order valence-corrected chi connectivity index (χ1v) is 9.69. The molecule has 134 valence electrons. The molecule has 0 radical (unpaired) electrons. The van der Waals surface area contributed by atoms with Gasteiger partial charge in [0.05, 0.1) is 11.4 Å². The monoisotopic (exact) mass is 373 g/mol. The molecule has 0 saturated carbocycles. The van der Waals surface area contributed by atoms with Crippen LogP contribution in [0.5, 0.6) is 0 Å². The van der Waals surface area contributed by atoms with Gasteiger partial charge in [0, 0.05) is 22.5 Å². The molecule has 5 heteroatoms. The smallest absolute Gasteiger partial charge is 0.251 e. The van der Waals surface area contributed by atoms with Crippen molar-refractivity contribution in [2.24, 2.45) is 0 Å². The van der Waals surface area contributed by atoms with Crippen LogP contribution < -0.4 is 5.32 Å². The third kappa shape index (κ3) is 4.15. The highest BCUT2D eigenvalue weighted by Gasteiger charge is 2.08. The molecule has 0 atom stereocenters. The number of nitrogens with one attached hydrogen (secondary N) is 2. The van der Waals surface area contributed by atoms with Gasteiger partial charge in [-0.05, 0) is 41.6 Å². The second-order valence-corrected chi connectivity index (χ2v) is 7.23. The number of aromatic nitrogens is 2. The summed E-state index contributed by atoms with van der Waals surface area (Å²) < 4.78 is 0. The highest BCUT2D eigenvalue weighted by molar-refractivity contribution is 7.09. The van der Waals surface area contributed by atoms with E-state index < -0.39 is 0 Å². The van der Waals surface area contributed by atoms with E-state index in [1.807, 2.05) is 66.7 Å². The molecule has 0 aliphatic rings. The number of nitrogens with zero attached hydrogens (tertiary/aromatic N) is 1. The Kier molecular flexibility index (Phi) is 5.12. The molecule has 0 bridgehead atoms. The van der Waals surface area contributed by atoms with Gasteiger partial charge in [-0.15, -0.1) is 11.3 Å². The molecular weight excluding hydrogens is 354 g/mol. The summed E-state index contributed by atoms with van der Waals surface area (Å²) in [5.74, 6) is -0.0484. The lowest BCUT2D eigenvalue weighted by Gasteiger charge is -2.05. The summed E-state index contributed by atoms with van der Waals surface area (Å²) in [5.41, 5.74) is 4.56. The van der Waals surface area contributed by atoms with E-state index in [4.69, 9.17) is 0 Å². The van der Waals surface area contributed by atoms with E-state index in [0.29, 0.717) is 12.1 Å². The lowest BCUT2D eigenvalue weighted by molar-refractivity contribution is 0.0954. The van der Waals surface area contributed by atoms with Gasteiger partial charge in [-0.3, -0.25) is 9.89 Å². The minimum atomic E-state index is -0.0484. The lowest BCUT2D eigenvalue weighted by atomic mass is 10.1. The fourth-order valence-electron chi connectivity index (χ4n) is 2.88. The van der Waals surface area contributed by atoms with E-state index in [0.717, 1.165) is 28.9 Å². The van der Waals surface area contributed by atoms with Crippen LogP contribution in [-0.4, -0.2) is 22.6 Å². The topological polar surface area (TPSA) is 57.8 Å². The fraction of sp³-hybridized carbons (Fsp3) is 0.0909. The Morgan fingerprint density at radius 1 is 0.963 bits per heavy atom. The molecule has 0 aliphatic carbocycles. The standard InChI is InChI=1S/C22H19N3OS/c26-22(23-13-12-19-7-4-14-27-19)18-10-8-17(9-11-18)21-15-20(24-25-21)16-5-2-1-3-6-16/h1-11,14-15H,12-13H2,(H,23,26)(H,24,25). The maximum atomic E-state index is 12.3. The molecule has 0 saturated heterocycles. The Balaban J connectivity index is 1.40. The zero-order chi connectivity index (χ0) is 18.5. The van der Waals surface area contributed by atoms with E-state index in [1.165, 1.54) is 4.88 Å². The largest absolute Gasteiger partial charge is 0.352 e. The van der Waals surface area contributed by atoms with Gasteiger partial charge in [0.1, 0.15) is 0 Å². The molecule has 4 aromatic rings. The summed E-state index contributed by atoms with van der Waals surface area (Å²) >= 11 is 1.71. The zero-order valence-electron chi connectivity index (χ0n) is 14.7. The summed E-state index contributed by atoms with van der Waals surface area (Å²) in [4.78, 5) is 13.6. The van der Waals surface area contributed by atoms with Gasteiger partial charge < -0.3 is 5.32 Å². The summed E-state index contributed by atoms with van der Waals surface area (Å²) in [6.45, 7) is 0.641. The SMILES string of the molecule is O=C(NCCc1cccs1)c1ccc(-c2cc(-c3ccccc3)n[nH]2)cc1. The van der Waals surface area contributed by atoms with Crippen molar-refractivity contribution >= 4 is 17.2 Å². The Morgan fingerprint density at radius 3 is 2.52 bits per heavy atom. The molecule has 0 aliphatic heterocycles.